The van der Waals surface area contributed by atoms with Gasteiger partial charge in [0.25, 0.3) is 0 Å². The third kappa shape index (κ3) is 7.37. The van der Waals surface area contributed by atoms with Crippen molar-refractivity contribution in [1.29, 1.82) is 0 Å². The van der Waals surface area contributed by atoms with Crippen LogP contribution in [0, 0.1) is 11.8 Å². The van der Waals surface area contributed by atoms with Crippen LogP contribution in [0.4, 0.5) is 13.2 Å². The minimum atomic E-state index is -4.68. The highest BCUT2D eigenvalue weighted by atomic mass is 19.4. The Balaban J connectivity index is 1.60. The van der Waals surface area contributed by atoms with E-state index in [-0.39, 0.29) is 35.5 Å². The fraction of sp³-hybridized carbons (Fsp3) is 0.533. The first-order chi connectivity index (χ1) is 19.2. The van der Waals surface area contributed by atoms with Gasteiger partial charge in [0.2, 0.25) is 17.4 Å². The minimum absolute atomic E-state index is 0.0724. The van der Waals surface area contributed by atoms with Gasteiger partial charge in [-0.2, -0.15) is 18.3 Å². The standard InChI is InChI=1S/C30H38F3N5O3/c1-6-19-8-7-9-20(14-19)15-24(37(5)28(41)21-10-11-21)27(40)34-29(2,3)18-38-23(16-25(35-38)30(31,32)33)22-12-13-26(39)36(4)17-22/h7,9,12-14,16-17,19,21,24H,6,8,10-11,15,18H2,1-5H3,(H,34,40). The monoisotopic (exact) mass is 573 g/mol. The highest BCUT2D eigenvalue weighted by Gasteiger charge is 2.39. The maximum atomic E-state index is 13.8. The first kappa shape index (κ1) is 30.3. The predicted molar refractivity (Wildman–Crippen MR) is 150 cm³/mol. The van der Waals surface area contributed by atoms with Crippen LogP contribution in [0.15, 0.2) is 53.0 Å². The number of amides is 2. The molecule has 1 fully saturated rings. The normalized spacial score (nSPS) is 18.1. The summed E-state index contributed by atoms with van der Waals surface area (Å²) >= 11 is 0. The number of hydrogen-bond acceptors (Lipinski definition) is 4. The average Bonchev–Trinajstić information content (AvgIpc) is 3.67. The molecule has 0 spiro atoms. The second-order valence-corrected chi connectivity index (χ2v) is 11.8. The first-order valence-electron chi connectivity index (χ1n) is 14.0. The van der Waals surface area contributed by atoms with Crippen molar-refractivity contribution >= 4 is 11.8 Å². The second kappa shape index (κ2) is 11.7. The van der Waals surface area contributed by atoms with Gasteiger partial charge in [0, 0.05) is 44.3 Å². The zero-order valence-corrected chi connectivity index (χ0v) is 24.2. The van der Waals surface area contributed by atoms with E-state index in [4.69, 9.17) is 0 Å². The Labute approximate surface area is 237 Å². The number of rotatable bonds is 10. The molecule has 2 aromatic rings. The van der Waals surface area contributed by atoms with Gasteiger partial charge in [-0.15, -0.1) is 0 Å². The number of alkyl halides is 3. The number of nitrogens with one attached hydrogen (secondary N) is 1. The maximum Gasteiger partial charge on any atom is 0.435 e. The number of nitrogens with zero attached hydrogens (tertiary/aromatic N) is 4. The zero-order chi connectivity index (χ0) is 30.1. The lowest BCUT2D eigenvalue weighted by atomic mass is 9.90. The topological polar surface area (TPSA) is 89.2 Å². The Morgan fingerprint density at radius 1 is 1.22 bits per heavy atom. The SMILES string of the molecule is CCC1C=C(CC(C(=O)NC(C)(C)Cn2nc(C(F)(F)F)cc2-c2ccc(=O)n(C)c2)N(C)C(=O)C2CC2)C=CC1. The van der Waals surface area contributed by atoms with Crippen molar-refractivity contribution < 1.29 is 22.8 Å². The van der Waals surface area contributed by atoms with Crippen molar-refractivity contribution in [1.82, 2.24) is 24.6 Å². The summed E-state index contributed by atoms with van der Waals surface area (Å²) in [5.41, 5.74) is -0.880. The van der Waals surface area contributed by atoms with Crippen LogP contribution in [0.5, 0.6) is 0 Å². The van der Waals surface area contributed by atoms with Gasteiger partial charge in [-0.3, -0.25) is 19.1 Å². The third-order valence-electron chi connectivity index (χ3n) is 7.68. The Hall–Kier alpha value is -3.63. The van der Waals surface area contributed by atoms with Crippen molar-refractivity contribution in [2.45, 2.75) is 77.2 Å². The Morgan fingerprint density at radius 2 is 1.93 bits per heavy atom. The number of aryl methyl sites for hydroxylation is 1. The van der Waals surface area contributed by atoms with Crippen molar-refractivity contribution in [3.05, 3.63) is 64.2 Å². The lowest BCUT2D eigenvalue weighted by molar-refractivity contribution is -0.141. The Kier molecular flexibility index (Phi) is 8.65. The molecule has 1 saturated carbocycles. The van der Waals surface area contributed by atoms with Crippen LogP contribution in [-0.2, 0) is 29.4 Å². The molecule has 222 valence electrons. The molecule has 4 rings (SSSR count). The number of carbonyl (C=O) groups is 2. The molecule has 0 radical (unpaired) electrons. The van der Waals surface area contributed by atoms with Gasteiger partial charge in [-0.25, -0.2) is 0 Å². The van der Waals surface area contributed by atoms with Crippen LogP contribution in [0.2, 0.25) is 0 Å². The molecular weight excluding hydrogens is 535 g/mol. The van der Waals surface area contributed by atoms with E-state index in [9.17, 15) is 27.6 Å². The number of pyridine rings is 1. The van der Waals surface area contributed by atoms with Gasteiger partial charge < -0.3 is 14.8 Å². The summed E-state index contributed by atoms with van der Waals surface area (Å²) in [6.45, 7) is 5.44. The molecule has 2 aliphatic rings. The van der Waals surface area contributed by atoms with Crippen molar-refractivity contribution in [3.8, 4) is 11.3 Å². The summed E-state index contributed by atoms with van der Waals surface area (Å²) in [6, 6.07) is 2.89. The van der Waals surface area contributed by atoms with Gasteiger partial charge in [0.15, 0.2) is 5.69 Å². The summed E-state index contributed by atoms with van der Waals surface area (Å²) in [6.07, 6.45) is 6.86. The van der Waals surface area contributed by atoms with Crippen LogP contribution >= 0.6 is 0 Å². The number of aromatic nitrogens is 3. The van der Waals surface area contributed by atoms with Crippen molar-refractivity contribution in [2.75, 3.05) is 7.05 Å². The van der Waals surface area contributed by atoms with E-state index in [1.807, 2.05) is 6.08 Å². The average molecular weight is 574 g/mol. The van der Waals surface area contributed by atoms with Crippen LogP contribution < -0.4 is 10.9 Å². The van der Waals surface area contributed by atoms with E-state index in [2.05, 4.69) is 29.5 Å². The smallest absolute Gasteiger partial charge is 0.348 e. The van der Waals surface area contributed by atoms with Crippen LogP contribution in [0.3, 0.4) is 0 Å². The largest absolute Gasteiger partial charge is 0.435 e. The molecule has 1 N–H and O–H groups in total. The first-order valence-corrected chi connectivity index (χ1v) is 14.0. The Morgan fingerprint density at radius 3 is 2.54 bits per heavy atom. The van der Waals surface area contributed by atoms with Crippen LogP contribution in [-0.4, -0.2) is 49.7 Å². The molecule has 0 saturated heterocycles. The molecule has 8 nitrogen and oxygen atoms in total. The van der Waals surface area contributed by atoms with E-state index in [1.54, 1.807) is 20.9 Å². The van der Waals surface area contributed by atoms with E-state index < -0.39 is 23.5 Å². The van der Waals surface area contributed by atoms with Crippen LogP contribution in [0.1, 0.15) is 58.6 Å². The molecule has 0 bridgehead atoms. The summed E-state index contributed by atoms with van der Waals surface area (Å²) in [7, 11) is 3.16. The minimum Gasteiger partial charge on any atom is -0.348 e. The number of carbonyl (C=O) groups excluding carboxylic acids is 2. The van der Waals surface area contributed by atoms with Gasteiger partial charge in [-0.05, 0) is 63.2 Å². The highest BCUT2D eigenvalue weighted by molar-refractivity contribution is 5.90. The summed E-state index contributed by atoms with van der Waals surface area (Å²) in [5, 5.41) is 6.80. The number of allylic oxidation sites excluding steroid dienone is 3. The molecule has 0 aromatic carbocycles. The second-order valence-electron chi connectivity index (χ2n) is 11.8. The molecule has 41 heavy (non-hydrogen) atoms. The van der Waals surface area contributed by atoms with Crippen molar-refractivity contribution in [2.24, 2.45) is 18.9 Å². The fourth-order valence-electron chi connectivity index (χ4n) is 5.13. The van der Waals surface area contributed by atoms with E-state index in [0.717, 1.165) is 37.3 Å². The van der Waals surface area contributed by atoms with Gasteiger partial charge in [0.05, 0.1) is 17.8 Å². The summed E-state index contributed by atoms with van der Waals surface area (Å²) in [4.78, 5) is 40.1. The van der Waals surface area contributed by atoms with Gasteiger partial charge in [0.1, 0.15) is 6.04 Å². The maximum absolute atomic E-state index is 13.8. The predicted octanol–water partition coefficient (Wildman–Crippen LogP) is 4.70. The number of halogens is 3. The Bertz CT molecular complexity index is 1420. The number of hydrogen-bond donors (Lipinski definition) is 1. The lowest BCUT2D eigenvalue weighted by Crippen LogP contribution is -2.55. The molecule has 2 unspecified atom stereocenters. The van der Waals surface area contributed by atoms with Crippen LogP contribution in [0.25, 0.3) is 11.3 Å². The van der Waals surface area contributed by atoms with E-state index in [0.29, 0.717) is 17.9 Å². The summed E-state index contributed by atoms with van der Waals surface area (Å²) < 4.78 is 43.4. The molecule has 2 amide bonds. The quantitative estimate of drug-likeness (QED) is 0.446. The molecule has 2 aromatic heterocycles. The molecule has 2 atom stereocenters. The molecule has 0 aliphatic heterocycles. The highest BCUT2D eigenvalue weighted by Crippen LogP contribution is 2.34. The number of likely N-dealkylation sites (N-methyl/N-ethyl adjacent to an activating group) is 1. The molecule has 2 aliphatic carbocycles. The van der Waals surface area contributed by atoms with E-state index in [1.165, 1.54) is 39.5 Å². The van der Waals surface area contributed by atoms with E-state index >= 15 is 0 Å². The third-order valence-corrected chi connectivity index (χ3v) is 7.68. The lowest BCUT2D eigenvalue weighted by Gasteiger charge is -2.33. The van der Waals surface area contributed by atoms with Gasteiger partial charge >= 0.3 is 6.18 Å². The molecule has 11 heteroatoms. The summed E-state index contributed by atoms with van der Waals surface area (Å²) in [5.74, 6) is -0.157. The molecule has 2 heterocycles. The van der Waals surface area contributed by atoms with Gasteiger partial charge in [-0.1, -0.05) is 25.2 Å². The van der Waals surface area contributed by atoms with Crippen molar-refractivity contribution in [3.63, 3.8) is 0 Å². The zero-order valence-electron chi connectivity index (χ0n) is 24.2. The molecular formula is C30H38F3N5O3. The fourth-order valence-corrected chi connectivity index (χ4v) is 5.13.